The van der Waals surface area contributed by atoms with Crippen LogP contribution in [0.3, 0.4) is 0 Å². The molecule has 4 atom stereocenters. The summed E-state index contributed by atoms with van der Waals surface area (Å²) in [5.74, 6) is 0.857. The molecule has 1 aromatic carbocycles. The van der Waals surface area contributed by atoms with Crippen LogP contribution in [-0.4, -0.2) is 30.1 Å². The Hall–Kier alpha value is -0.860. The molecular formula is C18H28N2. The predicted octanol–water partition coefficient (Wildman–Crippen LogP) is 3.38. The van der Waals surface area contributed by atoms with Crippen LogP contribution < -0.4 is 5.32 Å². The van der Waals surface area contributed by atoms with E-state index >= 15 is 0 Å². The third kappa shape index (κ3) is 2.51. The lowest BCUT2D eigenvalue weighted by molar-refractivity contribution is 0.0414. The molecule has 3 rings (SSSR count). The maximum Gasteiger partial charge on any atom is 0.0535 e. The first-order chi connectivity index (χ1) is 9.60. The molecule has 1 saturated heterocycles. The molecule has 0 amide bonds. The number of hydrogen-bond acceptors (Lipinski definition) is 2. The highest BCUT2D eigenvalue weighted by atomic mass is 15.3. The number of nitrogens with zero attached hydrogens (tertiary/aromatic N) is 1. The molecule has 0 bridgehead atoms. The maximum absolute atomic E-state index is 3.79. The van der Waals surface area contributed by atoms with Crippen LogP contribution in [-0.2, 0) is 5.54 Å². The van der Waals surface area contributed by atoms with E-state index in [1.807, 2.05) is 0 Å². The first-order valence-corrected chi connectivity index (χ1v) is 8.16. The topological polar surface area (TPSA) is 15.3 Å². The van der Waals surface area contributed by atoms with Gasteiger partial charge in [-0.05, 0) is 38.2 Å². The van der Waals surface area contributed by atoms with Gasteiger partial charge in [0.05, 0.1) is 5.54 Å². The van der Waals surface area contributed by atoms with Gasteiger partial charge in [-0.15, -0.1) is 0 Å². The third-order valence-corrected chi connectivity index (χ3v) is 5.51. The molecule has 1 aliphatic carbocycles. The Morgan fingerprint density at radius 2 is 1.90 bits per heavy atom. The smallest absolute Gasteiger partial charge is 0.0535 e. The molecule has 0 spiro atoms. The van der Waals surface area contributed by atoms with Crippen LogP contribution in [0.4, 0.5) is 0 Å². The van der Waals surface area contributed by atoms with Crippen LogP contribution in [0.5, 0.6) is 0 Å². The minimum absolute atomic E-state index is 0.0933. The molecule has 2 aliphatic rings. The SMILES string of the molecule is CC1CCCC1N1CC(C)(c2ccccc2)NCC1C. The van der Waals surface area contributed by atoms with Crippen LogP contribution in [0.25, 0.3) is 0 Å². The van der Waals surface area contributed by atoms with E-state index < -0.39 is 0 Å². The second-order valence-corrected chi connectivity index (χ2v) is 7.08. The van der Waals surface area contributed by atoms with Gasteiger partial charge in [-0.1, -0.05) is 43.7 Å². The van der Waals surface area contributed by atoms with E-state index in [2.05, 4.69) is 61.3 Å². The molecular weight excluding hydrogens is 244 g/mol. The highest BCUT2D eigenvalue weighted by Crippen LogP contribution is 2.35. The van der Waals surface area contributed by atoms with Crippen LogP contribution in [0.15, 0.2) is 30.3 Å². The Morgan fingerprint density at radius 1 is 1.15 bits per heavy atom. The Bertz CT molecular complexity index is 444. The molecule has 1 N–H and O–H groups in total. The molecule has 1 heterocycles. The normalized spacial score (nSPS) is 39.0. The molecule has 1 aliphatic heterocycles. The van der Waals surface area contributed by atoms with Gasteiger partial charge in [0.15, 0.2) is 0 Å². The zero-order valence-corrected chi connectivity index (χ0v) is 13.1. The number of rotatable bonds is 2. The molecule has 2 fully saturated rings. The molecule has 110 valence electrons. The Balaban J connectivity index is 1.82. The van der Waals surface area contributed by atoms with Gasteiger partial charge in [0.1, 0.15) is 0 Å². The molecule has 1 aromatic rings. The average molecular weight is 272 g/mol. The summed E-state index contributed by atoms with van der Waals surface area (Å²) in [6.45, 7) is 9.40. The van der Waals surface area contributed by atoms with Crippen molar-refractivity contribution in [3.8, 4) is 0 Å². The second kappa shape index (κ2) is 5.50. The van der Waals surface area contributed by atoms with Gasteiger partial charge in [0.2, 0.25) is 0 Å². The van der Waals surface area contributed by atoms with E-state index in [4.69, 9.17) is 0 Å². The van der Waals surface area contributed by atoms with Crippen molar-refractivity contribution >= 4 is 0 Å². The molecule has 4 unspecified atom stereocenters. The van der Waals surface area contributed by atoms with Gasteiger partial charge in [-0.25, -0.2) is 0 Å². The highest BCUT2D eigenvalue weighted by Gasteiger charge is 2.40. The van der Waals surface area contributed by atoms with Crippen LogP contribution in [0, 0.1) is 5.92 Å². The number of benzene rings is 1. The number of piperazine rings is 1. The van der Waals surface area contributed by atoms with Gasteiger partial charge >= 0.3 is 0 Å². The summed E-state index contributed by atoms with van der Waals surface area (Å²) < 4.78 is 0. The summed E-state index contributed by atoms with van der Waals surface area (Å²) in [4.78, 5) is 2.78. The Kier molecular flexibility index (Phi) is 3.87. The van der Waals surface area contributed by atoms with Crippen LogP contribution in [0.1, 0.15) is 45.6 Å². The zero-order chi connectivity index (χ0) is 14.2. The second-order valence-electron chi connectivity index (χ2n) is 7.08. The van der Waals surface area contributed by atoms with Crippen LogP contribution >= 0.6 is 0 Å². The number of hydrogen-bond donors (Lipinski definition) is 1. The minimum Gasteiger partial charge on any atom is -0.305 e. The van der Waals surface area contributed by atoms with E-state index in [1.54, 1.807) is 0 Å². The fourth-order valence-corrected chi connectivity index (χ4v) is 4.13. The van der Waals surface area contributed by atoms with Gasteiger partial charge in [0.25, 0.3) is 0 Å². The monoisotopic (exact) mass is 272 g/mol. The van der Waals surface area contributed by atoms with Crippen molar-refractivity contribution in [1.82, 2.24) is 10.2 Å². The molecule has 2 heteroatoms. The Morgan fingerprint density at radius 3 is 2.55 bits per heavy atom. The summed E-state index contributed by atoms with van der Waals surface area (Å²) in [6.07, 6.45) is 4.20. The largest absolute Gasteiger partial charge is 0.305 e. The van der Waals surface area contributed by atoms with Gasteiger partial charge in [0, 0.05) is 25.2 Å². The van der Waals surface area contributed by atoms with Gasteiger partial charge < -0.3 is 5.32 Å². The fourth-order valence-electron chi connectivity index (χ4n) is 4.13. The lowest BCUT2D eigenvalue weighted by atomic mass is 9.86. The average Bonchev–Trinajstić information content (AvgIpc) is 2.89. The first-order valence-electron chi connectivity index (χ1n) is 8.16. The zero-order valence-electron chi connectivity index (χ0n) is 13.1. The van der Waals surface area contributed by atoms with E-state index in [-0.39, 0.29) is 5.54 Å². The molecule has 2 nitrogen and oxygen atoms in total. The lowest BCUT2D eigenvalue weighted by Crippen LogP contribution is -2.63. The standard InChI is InChI=1S/C18H28N2/c1-14-8-7-11-17(14)20-13-18(3,19-12-15(20)2)16-9-5-4-6-10-16/h4-6,9-10,14-15,17,19H,7-8,11-13H2,1-3H3. The molecule has 0 radical (unpaired) electrons. The van der Waals surface area contributed by atoms with E-state index in [0.29, 0.717) is 6.04 Å². The first kappa shape index (κ1) is 14.1. The number of nitrogens with one attached hydrogen (secondary N) is 1. The van der Waals surface area contributed by atoms with Crippen molar-refractivity contribution in [2.75, 3.05) is 13.1 Å². The summed E-state index contributed by atoms with van der Waals surface area (Å²) in [5.41, 5.74) is 1.51. The van der Waals surface area contributed by atoms with Gasteiger partial charge in [-0.3, -0.25) is 4.90 Å². The van der Waals surface area contributed by atoms with Crippen molar-refractivity contribution in [1.29, 1.82) is 0 Å². The summed E-state index contributed by atoms with van der Waals surface area (Å²) in [5, 5.41) is 3.79. The molecule has 0 aromatic heterocycles. The van der Waals surface area contributed by atoms with Crippen molar-refractivity contribution in [3.63, 3.8) is 0 Å². The molecule has 20 heavy (non-hydrogen) atoms. The lowest BCUT2D eigenvalue weighted by Gasteiger charge is -2.49. The van der Waals surface area contributed by atoms with Crippen molar-refractivity contribution in [3.05, 3.63) is 35.9 Å². The fraction of sp³-hybridized carbons (Fsp3) is 0.667. The van der Waals surface area contributed by atoms with Crippen molar-refractivity contribution < 1.29 is 0 Å². The van der Waals surface area contributed by atoms with E-state index in [1.165, 1.54) is 24.8 Å². The summed E-state index contributed by atoms with van der Waals surface area (Å²) in [7, 11) is 0. The van der Waals surface area contributed by atoms with E-state index in [9.17, 15) is 0 Å². The highest BCUT2D eigenvalue weighted by molar-refractivity contribution is 5.25. The van der Waals surface area contributed by atoms with E-state index in [0.717, 1.165) is 25.0 Å². The predicted molar refractivity (Wildman–Crippen MR) is 84.8 cm³/mol. The third-order valence-electron chi connectivity index (χ3n) is 5.51. The minimum atomic E-state index is 0.0933. The van der Waals surface area contributed by atoms with Crippen molar-refractivity contribution in [2.45, 2.75) is 57.7 Å². The molecule has 1 saturated carbocycles. The summed E-state index contributed by atoms with van der Waals surface area (Å²) >= 11 is 0. The summed E-state index contributed by atoms with van der Waals surface area (Å²) in [6, 6.07) is 12.4. The van der Waals surface area contributed by atoms with Gasteiger partial charge in [-0.2, -0.15) is 0 Å². The van der Waals surface area contributed by atoms with Crippen LogP contribution in [0.2, 0.25) is 0 Å². The quantitative estimate of drug-likeness (QED) is 0.888. The van der Waals surface area contributed by atoms with Crippen molar-refractivity contribution in [2.24, 2.45) is 5.92 Å². The maximum atomic E-state index is 3.79. The Labute approximate surface area is 123 Å².